The summed E-state index contributed by atoms with van der Waals surface area (Å²) in [6, 6.07) is 11.1. The van der Waals surface area contributed by atoms with Crippen molar-refractivity contribution in [3.63, 3.8) is 0 Å². The minimum atomic E-state index is -4.43. The van der Waals surface area contributed by atoms with Crippen molar-refractivity contribution in [3.05, 3.63) is 99.3 Å². The van der Waals surface area contributed by atoms with Crippen molar-refractivity contribution in [1.82, 2.24) is 0 Å². The lowest BCUT2D eigenvalue weighted by molar-refractivity contribution is -0.438. The third-order valence-corrected chi connectivity index (χ3v) is 12.5. The Labute approximate surface area is 315 Å². The molecule has 3 aliphatic rings. The van der Waals surface area contributed by atoms with Gasteiger partial charge in [0.05, 0.1) is 16.1 Å². The van der Waals surface area contributed by atoms with Gasteiger partial charge in [0.15, 0.2) is 5.71 Å². The highest BCUT2D eigenvalue weighted by Gasteiger charge is 2.45. The van der Waals surface area contributed by atoms with Gasteiger partial charge in [0.25, 0.3) is 20.2 Å². The molecule has 3 N–H and O–H groups in total. The number of rotatable bonds is 16. The lowest BCUT2D eigenvalue weighted by Gasteiger charge is -2.22. The molecular weight excluding hydrogens is 748 g/mol. The summed E-state index contributed by atoms with van der Waals surface area (Å²) in [5.74, 6) is 0.339. The summed E-state index contributed by atoms with van der Waals surface area (Å²) >= 11 is 8.16. The fourth-order valence-corrected chi connectivity index (χ4v) is 8.98. The van der Waals surface area contributed by atoms with Crippen molar-refractivity contribution < 1.29 is 45.1 Å². The number of hydrogen-bond acceptors (Lipinski definition) is 9. The van der Waals surface area contributed by atoms with Crippen LogP contribution in [0.2, 0.25) is 0 Å². The number of allylic oxidation sites excluding steroid dienone is 8. The number of anilines is 1. The van der Waals surface area contributed by atoms with Crippen LogP contribution in [0.4, 0.5) is 11.4 Å². The molecule has 0 saturated heterocycles. The first-order chi connectivity index (χ1) is 24.6. The maximum atomic E-state index is 12.0. The molecule has 2 aliphatic heterocycles. The average Bonchev–Trinajstić information content (AvgIpc) is 3.52. The Balaban J connectivity index is 1.42. The summed E-state index contributed by atoms with van der Waals surface area (Å²) in [7, 11) is -8.52. The highest BCUT2D eigenvalue weighted by molar-refractivity contribution is 7.94. The molecule has 282 valence electrons. The van der Waals surface area contributed by atoms with Gasteiger partial charge < -0.3 is 4.90 Å². The maximum Gasteiger partial charge on any atom is 0.294 e. The van der Waals surface area contributed by atoms with E-state index in [1.807, 2.05) is 30.6 Å². The Morgan fingerprint density at radius 3 is 2.52 bits per heavy atom. The molecule has 0 saturated carbocycles. The first-order valence-corrected chi connectivity index (χ1v) is 21.6. The van der Waals surface area contributed by atoms with Crippen molar-refractivity contribution in [2.75, 3.05) is 29.5 Å². The van der Waals surface area contributed by atoms with E-state index in [1.54, 1.807) is 6.07 Å². The number of nitrogens with zero attached hydrogens (tertiary/aromatic N) is 2. The van der Waals surface area contributed by atoms with E-state index >= 15 is 0 Å². The minimum absolute atomic E-state index is 0.196. The Bertz CT molecular complexity index is 2050. The number of benzene rings is 2. The predicted octanol–water partition coefficient (Wildman–Crippen LogP) is 8.24. The summed E-state index contributed by atoms with van der Waals surface area (Å²) in [6.07, 6.45) is 14.2. The summed E-state index contributed by atoms with van der Waals surface area (Å²) in [5, 5.41) is 12.7. The van der Waals surface area contributed by atoms with Crippen LogP contribution in [0.15, 0.2) is 87.5 Å². The van der Waals surface area contributed by atoms with Gasteiger partial charge in [-0.25, -0.2) is 5.26 Å². The van der Waals surface area contributed by atoms with Crippen LogP contribution in [-0.4, -0.2) is 66.1 Å². The molecule has 2 aromatic rings. The molecule has 0 aromatic heterocycles. The monoisotopic (exact) mass is 793 g/mol. The molecule has 2 aromatic carbocycles. The first-order valence-electron chi connectivity index (χ1n) is 17.3. The zero-order chi connectivity index (χ0) is 37.7. The Morgan fingerprint density at radius 1 is 1.00 bits per heavy atom. The summed E-state index contributed by atoms with van der Waals surface area (Å²) < 4.78 is 72.3. The maximum absolute atomic E-state index is 12.0. The number of halogens is 1. The van der Waals surface area contributed by atoms with Crippen molar-refractivity contribution in [1.29, 1.82) is 0 Å². The summed E-state index contributed by atoms with van der Waals surface area (Å²) in [6.45, 7) is 7.33. The number of hydrogen-bond donors (Lipinski definition) is 3. The molecule has 0 unspecified atom stereocenters. The first kappa shape index (κ1) is 40.4. The molecule has 52 heavy (non-hydrogen) atoms. The molecule has 5 rings (SSSR count). The van der Waals surface area contributed by atoms with Gasteiger partial charge in [0.2, 0.25) is 5.69 Å². The number of aryl methyl sites for hydroxylation is 1. The van der Waals surface area contributed by atoms with Crippen molar-refractivity contribution in [2.24, 2.45) is 0 Å². The van der Waals surface area contributed by atoms with Crippen LogP contribution in [0, 0.1) is 6.92 Å². The quantitative estimate of drug-likeness (QED) is 0.0376. The van der Waals surface area contributed by atoms with Crippen LogP contribution in [0.5, 0.6) is 0 Å². The van der Waals surface area contributed by atoms with E-state index in [0.717, 1.165) is 85.2 Å². The topological polar surface area (TPSA) is 154 Å². The zero-order valence-electron chi connectivity index (χ0n) is 29.5. The van der Waals surface area contributed by atoms with Crippen molar-refractivity contribution in [2.45, 2.75) is 82.4 Å². The molecule has 2 heterocycles. The predicted molar refractivity (Wildman–Crippen MR) is 205 cm³/mol. The second kappa shape index (κ2) is 17.1. The van der Waals surface area contributed by atoms with Gasteiger partial charge in [0.1, 0.15) is 6.54 Å². The van der Waals surface area contributed by atoms with Crippen LogP contribution in [-0.2, 0) is 41.4 Å². The smallest absolute Gasteiger partial charge is 0.294 e. The van der Waals surface area contributed by atoms with E-state index in [9.17, 15) is 25.9 Å². The fourth-order valence-electron chi connectivity index (χ4n) is 7.16. The highest BCUT2D eigenvalue weighted by Crippen LogP contribution is 2.42. The van der Waals surface area contributed by atoms with Crippen molar-refractivity contribution in [3.8, 4) is 0 Å². The lowest BCUT2D eigenvalue weighted by Crippen LogP contribution is -2.28. The zero-order valence-corrected chi connectivity index (χ0v) is 32.8. The van der Waals surface area contributed by atoms with Crippen LogP contribution < -0.4 is 4.90 Å². The van der Waals surface area contributed by atoms with Crippen LogP contribution in [0.1, 0.15) is 75.5 Å². The summed E-state index contributed by atoms with van der Waals surface area (Å²) in [5.41, 5.74) is 8.63. The third kappa shape index (κ3) is 9.84. The SMILES string of the molecule is Cc1ccc2c(c1)C/C(=C\C=C1/CCCC(/C=C/C3=[N+](CCCCS(=O)(=O)O)c4ccc(S(=O)(=O)O)cc4C3(C)C)=C1Cl)N2CCCCSOOO. The second-order valence-corrected chi connectivity index (χ2v) is 18.0. The van der Waals surface area contributed by atoms with E-state index in [4.69, 9.17) is 16.9 Å². The molecule has 15 heteroatoms. The number of unbranched alkanes of at least 4 members (excludes halogenated alkanes) is 2. The summed E-state index contributed by atoms with van der Waals surface area (Å²) in [4.78, 5) is 2.16. The van der Waals surface area contributed by atoms with Gasteiger partial charge in [-0.05, 0) is 100 Å². The van der Waals surface area contributed by atoms with E-state index < -0.39 is 25.7 Å². The van der Waals surface area contributed by atoms with Crippen LogP contribution in [0.25, 0.3) is 0 Å². The molecule has 0 fully saturated rings. The van der Waals surface area contributed by atoms with E-state index in [1.165, 1.54) is 34.6 Å². The molecular formula is C37H46ClN2O9S3+. The highest BCUT2D eigenvalue weighted by atomic mass is 35.5. The van der Waals surface area contributed by atoms with Crippen LogP contribution >= 0.6 is 23.6 Å². The molecule has 0 spiro atoms. The van der Waals surface area contributed by atoms with Crippen molar-refractivity contribution >= 4 is 61.0 Å². The van der Waals surface area contributed by atoms with Crippen LogP contribution in [0.3, 0.4) is 0 Å². The standard InChI is InChI=1S/C37H45ClN2O9S3/c1-26-11-16-33-29(23-26)24-30(39(33)19-4-6-21-50-49-48-41)14-12-27-9-8-10-28(36(27)38)13-18-35-37(2,3)32-25-31(52(45,46)47)15-17-34(32)40(35)20-5-7-22-51(42,43)44/h11-18,23,25H,4-10,19-22,24H2,1-3H3,(H2-,41,42,43,44,45,46,47)/p+1. The van der Waals surface area contributed by atoms with E-state index in [2.05, 4.69) is 51.5 Å². The minimum Gasteiger partial charge on any atom is -0.345 e. The van der Waals surface area contributed by atoms with Gasteiger partial charge in [-0.15, -0.1) is 4.33 Å². The molecule has 0 radical (unpaired) electrons. The Morgan fingerprint density at radius 2 is 1.79 bits per heavy atom. The van der Waals surface area contributed by atoms with Gasteiger partial charge in [0, 0.05) is 71.3 Å². The molecule has 0 bridgehead atoms. The lowest BCUT2D eigenvalue weighted by atomic mass is 9.81. The fraction of sp³-hybridized carbons (Fsp3) is 0.432. The van der Waals surface area contributed by atoms with Gasteiger partial charge in [-0.2, -0.15) is 21.4 Å². The van der Waals surface area contributed by atoms with Gasteiger partial charge in [-0.1, -0.05) is 46.5 Å². The molecule has 1 aliphatic carbocycles. The molecule has 0 atom stereocenters. The van der Waals surface area contributed by atoms with E-state index in [-0.39, 0.29) is 17.1 Å². The largest absolute Gasteiger partial charge is 0.345 e. The molecule has 0 amide bonds. The van der Waals surface area contributed by atoms with Gasteiger partial charge in [-0.3, -0.25) is 9.11 Å². The Hall–Kier alpha value is -2.79. The average molecular weight is 794 g/mol. The van der Waals surface area contributed by atoms with E-state index in [0.29, 0.717) is 23.8 Å². The van der Waals surface area contributed by atoms with Gasteiger partial charge >= 0.3 is 0 Å². The number of fused-ring (bicyclic) bond motifs is 2. The molecule has 11 nitrogen and oxygen atoms in total. The second-order valence-electron chi connectivity index (χ2n) is 13.8. The Kier molecular flexibility index (Phi) is 13.3. The third-order valence-electron chi connectivity index (χ3n) is 9.75. The normalized spacial score (nSPS) is 19.1.